The molecule has 2 heterocycles. The van der Waals surface area contributed by atoms with Gasteiger partial charge >= 0.3 is 0 Å². The normalized spacial score (nSPS) is 21.9. The van der Waals surface area contributed by atoms with Gasteiger partial charge in [-0.05, 0) is 6.92 Å². The first-order chi connectivity index (χ1) is 11.4. The summed E-state index contributed by atoms with van der Waals surface area (Å²) in [5, 5.41) is 0. The first-order valence-electron chi connectivity index (χ1n) is 8.49. The fraction of sp³-hybridized carbons (Fsp3) is 0.765. The van der Waals surface area contributed by atoms with E-state index in [0.29, 0.717) is 26.2 Å². The van der Waals surface area contributed by atoms with Gasteiger partial charge < -0.3 is 19.4 Å². The molecule has 0 saturated carbocycles. The topological polar surface area (TPSA) is 70.7 Å². The van der Waals surface area contributed by atoms with Crippen LogP contribution in [0.1, 0.15) is 30.6 Å². The van der Waals surface area contributed by atoms with Crippen LogP contribution >= 0.6 is 0 Å². The van der Waals surface area contributed by atoms with E-state index in [1.165, 1.54) is 0 Å². The summed E-state index contributed by atoms with van der Waals surface area (Å²) in [7, 11) is 5.18. The summed E-state index contributed by atoms with van der Waals surface area (Å²) >= 11 is 0. The molecule has 0 bridgehead atoms. The van der Waals surface area contributed by atoms with Crippen molar-refractivity contribution in [3.8, 4) is 0 Å². The van der Waals surface area contributed by atoms with Crippen molar-refractivity contribution in [1.29, 1.82) is 0 Å². The van der Waals surface area contributed by atoms with Crippen LogP contribution in [0.5, 0.6) is 0 Å². The minimum absolute atomic E-state index is 0.0538. The molecule has 2 rings (SSSR count). The molecular formula is C17H30N4O3. The first kappa shape index (κ1) is 18.9. The molecule has 1 saturated heterocycles. The lowest BCUT2D eigenvalue weighted by molar-refractivity contribution is -0.160. The number of ether oxygens (including phenoxy) is 2. The van der Waals surface area contributed by atoms with Crippen molar-refractivity contribution in [3.05, 3.63) is 17.2 Å². The Kier molecular flexibility index (Phi) is 6.37. The van der Waals surface area contributed by atoms with E-state index in [4.69, 9.17) is 9.47 Å². The summed E-state index contributed by atoms with van der Waals surface area (Å²) in [4.78, 5) is 24.1. The number of aromatic nitrogens is 2. The van der Waals surface area contributed by atoms with Gasteiger partial charge in [0.1, 0.15) is 11.4 Å². The smallest absolute Gasteiger partial charge is 0.225 e. The predicted octanol–water partition coefficient (Wildman–Crippen LogP) is 0.976. The number of aryl methyl sites for hydroxylation is 2. The van der Waals surface area contributed by atoms with Crippen LogP contribution < -0.4 is 0 Å². The lowest BCUT2D eigenvalue weighted by Gasteiger charge is -2.42. The molecule has 1 aromatic heterocycles. The number of imidazole rings is 1. The first-order valence-corrected chi connectivity index (χ1v) is 8.49. The van der Waals surface area contributed by atoms with Crippen LogP contribution in [0.25, 0.3) is 0 Å². The fourth-order valence-corrected chi connectivity index (χ4v) is 3.10. The van der Waals surface area contributed by atoms with Gasteiger partial charge in [-0.25, -0.2) is 4.98 Å². The van der Waals surface area contributed by atoms with Crippen molar-refractivity contribution >= 4 is 5.91 Å². The fourth-order valence-electron chi connectivity index (χ4n) is 3.10. The number of carbonyl (C=O) groups excluding carboxylic acids is 1. The van der Waals surface area contributed by atoms with Gasteiger partial charge in [-0.1, -0.05) is 6.92 Å². The molecule has 1 aliphatic rings. The zero-order valence-corrected chi connectivity index (χ0v) is 15.5. The Morgan fingerprint density at radius 1 is 1.50 bits per heavy atom. The molecule has 1 aliphatic heterocycles. The predicted molar refractivity (Wildman–Crippen MR) is 91.8 cm³/mol. The van der Waals surface area contributed by atoms with E-state index >= 15 is 0 Å². The molecular weight excluding hydrogens is 308 g/mol. The molecule has 0 aromatic carbocycles. The van der Waals surface area contributed by atoms with Gasteiger partial charge in [0.05, 0.1) is 25.3 Å². The van der Waals surface area contributed by atoms with Crippen molar-refractivity contribution in [3.63, 3.8) is 0 Å². The van der Waals surface area contributed by atoms with Crippen LogP contribution in [0, 0.1) is 6.92 Å². The number of hydrogen-bond acceptors (Lipinski definition) is 5. The molecule has 0 aliphatic carbocycles. The molecule has 0 unspecified atom stereocenters. The standard InChI is InChI=1S/C17H30N4O3/c1-6-15-18-13(2)14(19-15)10-21-7-8-24-17(11-21,12-23-5)9-16(22)20(3)4/h6-12H2,1-5H3,(H,18,19)/t17-/m0/s1. The number of amides is 1. The number of hydrogen-bond donors (Lipinski definition) is 1. The van der Waals surface area contributed by atoms with E-state index in [2.05, 4.69) is 28.7 Å². The van der Waals surface area contributed by atoms with E-state index < -0.39 is 5.60 Å². The molecule has 1 fully saturated rings. The third kappa shape index (κ3) is 4.55. The Morgan fingerprint density at radius 3 is 2.83 bits per heavy atom. The number of nitrogens with zero attached hydrogens (tertiary/aromatic N) is 3. The third-order valence-corrected chi connectivity index (χ3v) is 4.45. The zero-order chi connectivity index (χ0) is 17.7. The van der Waals surface area contributed by atoms with Crippen molar-refractivity contribution < 1.29 is 14.3 Å². The molecule has 0 radical (unpaired) electrons. The lowest BCUT2D eigenvalue weighted by Crippen LogP contribution is -2.55. The Bertz CT molecular complexity index is 554. The highest BCUT2D eigenvalue weighted by Crippen LogP contribution is 2.25. The Labute approximate surface area is 144 Å². The highest BCUT2D eigenvalue weighted by atomic mass is 16.5. The summed E-state index contributed by atoms with van der Waals surface area (Å²) in [6.07, 6.45) is 1.22. The van der Waals surface area contributed by atoms with Gasteiger partial charge in [-0.3, -0.25) is 9.69 Å². The third-order valence-electron chi connectivity index (χ3n) is 4.45. The van der Waals surface area contributed by atoms with E-state index in [9.17, 15) is 4.79 Å². The molecule has 0 spiro atoms. The van der Waals surface area contributed by atoms with Gasteiger partial charge in [-0.15, -0.1) is 0 Å². The average molecular weight is 338 g/mol. The minimum Gasteiger partial charge on any atom is -0.382 e. The quantitative estimate of drug-likeness (QED) is 0.802. The molecule has 136 valence electrons. The van der Waals surface area contributed by atoms with Crippen molar-refractivity contribution in [2.24, 2.45) is 0 Å². The molecule has 7 nitrogen and oxygen atoms in total. The van der Waals surface area contributed by atoms with Gasteiger partial charge in [0, 0.05) is 53.0 Å². The molecule has 1 atom stereocenters. The number of methoxy groups -OCH3 is 1. The number of carbonyl (C=O) groups is 1. The summed E-state index contributed by atoms with van der Waals surface area (Å²) in [6.45, 7) is 7.39. The molecule has 1 aromatic rings. The minimum atomic E-state index is -0.591. The maximum absolute atomic E-state index is 12.2. The van der Waals surface area contributed by atoms with E-state index in [1.54, 1.807) is 26.1 Å². The van der Waals surface area contributed by atoms with Gasteiger partial charge in [-0.2, -0.15) is 0 Å². The number of H-pyrrole nitrogens is 1. The Balaban J connectivity index is 2.09. The number of rotatable bonds is 7. The van der Waals surface area contributed by atoms with Crippen LogP contribution in [-0.2, 0) is 27.2 Å². The van der Waals surface area contributed by atoms with Crippen LogP contribution in [-0.4, -0.2) is 78.8 Å². The van der Waals surface area contributed by atoms with E-state index in [1.807, 2.05) is 0 Å². The van der Waals surface area contributed by atoms with Crippen LogP contribution in [0.4, 0.5) is 0 Å². The molecule has 1 amide bonds. The van der Waals surface area contributed by atoms with Crippen molar-refractivity contribution in [2.75, 3.05) is 47.5 Å². The lowest BCUT2D eigenvalue weighted by atomic mass is 9.97. The monoisotopic (exact) mass is 338 g/mol. The number of nitrogens with one attached hydrogen (secondary N) is 1. The van der Waals surface area contributed by atoms with Crippen molar-refractivity contribution in [1.82, 2.24) is 19.8 Å². The summed E-state index contributed by atoms with van der Waals surface area (Å²) < 4.78 is 11.4. The Hall–Kier alpha value is -1.44. The second kappa shape index (κ2) is 8.09. The maximum atomic E-state index is 12.2. The van der Waals surface area contributed by atoms with Crippen LogP contribution in [0.2, 0.25) is 0 Å². The SMILES string of the molecule is CCc1nc(CN2CCO[C@@](COC)(CC(=O)N(C)C)C2)c(C)[nH]1. The largest absolute Gasteiger partial charge is 0.382 e. The summed E-state index contributed by atoms with van der Waals surface area (Å²) in [5.41, 5.74) is 1.59. The number of morpholine rings is 1. The highest BCUT2D eigenvalue weighted by Gasteiger charge is 2.39. The van der Waals surface area contributed by atoms with Crippen LogP contribution in [0.15, 0.2) is 0 Å². The van der Waals surface area contributed by atoms with E-state index in [-0.39, 0.29) is 5.91 Å². The molecule has 24 heavy (non-hydrogen) atoms. The van der Waals surface area contributed by atoms with Gasteiger partial charge in [0.15, 0.2) is 0 Å². The van der Waals surface area contributed by atoms with Crippen molar-refractivity contribution in [2.45, 2.75) is 38.8 Å². The molecule has 7 heteroatoms. The Morgan fingerprint density at radius 2 is 2.25 bits per heavy atom. The van der Waals surface area contributed by atoms with Gasteiger partial charge in [0.2, 0.25) is 5.91 Å². The van der Waals surface area contributed by atoms with Gasteiger partial charge in [0.25, 0.3) is 0 Å². The maximum Gasteiger partial charge on any atom is 0.225 e. The highest BCUT2D eigenvalue weighted by molar-refractivity contribution is 5.76. The average Bonchev–Trinajstić information content (AvgIpc) is 2.88. The zero-order valence-electron chi connectivity index (χ0n) is 15.5. The second-order valence-corrected chi connectivity index (χ2v) is 6.75. The van der Waals surface area contributed by atoms with E-state index in [0.717, 1.165) is 36.7 Å². The molecule has 1 N–H and O–H groups in total. The van der Waals surface area contributed by atoms with Crippen LogP contribution in [0.3, 0.4) is 0 Å². The summed E-state index contributed by atoms with van der Waals surface area (Å²) in [5.74, 6) is 1.07. The second-order valence-electron chi connectivity index (χ2n) is 6.75. The number of aromatic amines is 1. The summed E-state index contributed by atoms with van der Waals surface area (Å²) in [6, 6.07) is 0.